The molecular formula is C18H22O4S. The van der Waals surface area contributed by atoms with Crippen LogP contribution in [0.25, 0.3) is 10.8 Å². The first-order chi connectivity index (χ1) is 11.0. The Morgan fingerprint density at radius 1 is 1.17 bits per heavy atom. The van der Waals surface area contributed by atoms with Crippen LogP contribution < -0.4 is 4.74 Å². The number of hydrogen-bond donors (Lipinski definition) is 2. The lowest BCUT2D eigenvalue weighted by Crippen LogP contribution is -2.33. The van der Waals surface area contributed by atoms with Gasteiger partial charge in [-0.3, -0.25) is 4.79 Å². The average molecular weight is 334 g/mol. The predicted octanol–water partition coefficient (Wildman–Crippen LogP) is 3.31. The van der Waals surface area contributed by atoms with Crippen LogP contribution in [0.3, 0.4) is 0 Å². The van der Waals surface area contributed by atoms with Crippen molar-refractivity contribution < 1.29 is 19.7 Å². The minimum absolute atomic E-state index is 0.117. The Morgan fingerprint density at radius 2 is 1.87 bits per heavy atom. The third kappa shape index (κ3) is 3.98. The Labute approximate surface area is 140 Å². The van der Waals surface area contributed by atoms with E-state index >= 15 is 0 Å². The first kappa shape index (κ1) is 17.6. The second-order valence-corrected chi connectivity index (χ2v) is 6.88. The van der Waals surface area contributed by atoms with E-state index in [1.165, 1.54) is 0 Å². The van der Waals surface area contributed by atoms with Gasteiger partial charge in [0.25, 0.3) is 0 Å². The zero-order chi connectivity index (χ0) is 16.9. The van der Waals surface area contributed by atoms with Gasteiger partial charge >= 0.3 is 5.97 Å². The highest BCUT2D eigenvalue weighted by atomic mass is 32.2. The van der Waals surface area contributed by atoms with E-state index in [2.05, 4.69) is 0 Å². The van der Waals surface area contributed by atoms with Gasteiger partial charge in [0.05, 0.1) is 19.1 Å². The van der Waals surface area contributed by atoms with E-state index in [0.29, 0.717) is 17.9 Å². The maximum Gasteiger partial charge on any atom is 0.313 e. The third-order valence-electron chi connectivity index (χ3n) is 4.14. The summed E-state index contributed by atoms with van der Waals surface area (Å²) in [7, 11) is 1.63. The summed E-state index contributed by atoms with van der Waals surface area (Å²) in [5, 5.41) is 20.6. The Kier molecular flexibility index (Phi) is 5.91. The topological polar surface area (TPSA) is 66.8 Å². The Balaban J connectivity index is 2.31. The van der Waals surface area contributed by atoms with Gasteiger partial charge in [-0.25, -0.2) is 0 Å². The minimum Gasteiger partial charge on any atom is -0.497 e. The summed E-state index contributed by atoms with van der Waals surface area (Å²) in [4.78, 5) is 11.8. The van der Waals surface area contributed by atoms with Gasteiger partial charge in [-0.15, -0.1) is 0 Å². The molecule has 0 radical (unpaired) electrons. The molecule has 2 rings (SSSR count). The number of hydrogen-bond acceptors (Lipinski definition) is 4. The fourth-order valence-electron chi connectivity index (χ4n) is 2.51. The van der Waals surface area contributed by atoms with Gasteiger partial charge in [-0.2, -0.15) is 11.8 Å². The summed E-state index contributed by atoms with van der Waals surface area (Å²) in [6.45, 7) is 1.88. The zero-order valence-corrected chi connectivity index (χ0v) is 14.2. The molecule has 0 aliphatic carbocycles. The summed E-state index contributed by atoms with van der Waals surface area (Å²) in [5.74, 6) is 1.29. The van der Waals surface area contributed by atoms with Crippen LogP contribution in [0, 0.1) is 0 Å². The molecule has 0 fully saturated rings. The van der Waals surface area contributed by atoms with Crippen LogP contribution in [-0.4, -0.2) is 41.4 Å². The molecule has 23 heavy (non-hydrogen) atoms. The monoisotopic (exact) mass is 334 g/mol. The molecule has 0 aliphatic rings. The largest absolute Gasteiger partial charge is 0.497 e. The van der Waals surface area contributed by atoms with E-state index in [1.54, 1.807) is 25.8 Å². The van der Waals surface area contributed by atoms with Crippen molar-refractivity contribution in [3.8, 4) is 5.75 Å². The fraction of sp³-hybridized carbons (Fsp3) is 0.389. The lowest BCUT2D eigenvalue weighted by Gasteiger charge is -2.25. The van der Waals surface area contributed by atoms with Gasteiger partial charge in [-0.1, -0.05) is 24.3 Å². The molecule has 0 amide bonds. The number of carbonyl (C=O) groups is 1. The highest BCUT2D eigenvalue weighted by Crippen LogP contribution is 2.32. The molecule has 0 heterocycles. The van der Waals surface area contributed by atoms with Crippen LogP contribution in [0.15, 0.2) is 36.4 Å². The number of rotatable bonds is 8. The number of aliphatic hydroxyl groups is 1. The van der Waals surface area contributed by atoms with Crippen LogP contribution in [-0.2, 0) is 10.2 Å². The summed E-state index contributed by atoms with van der Waals surface area (Å²) in [6.07, 6.45) is 0.522. The Bertz CT molecular complexity index is 686. The van der Waals surface area contributed by atoms with E-state index in [0.717, 1.165) is 22.1 Å². The first-order valence-corrected chi connectivity index (χ1v) is 8.67. The summed E-state index contributed by atoms with van der Waals surface area (Å²) in [5.41, 5.74) is -0.136. The average Bonchev–Trinajstić information content (AvgIpc) is 2.57. The number of benzene rings is 2. The van der Waals surface area contributed by atoms with Gasteiger partial charge in [0.1, 0.15) is 5.75 Å². The number of carboxylic acids is 1. The molecule has 0 unspecified atom stereocenters. The van der Waals surface area contributed by atoms with Crippen molar-refractivity contribution in [2.75, 3.05) is 25.2 Å². The van der Waals surface area contributed by atoms with Gasteiger partial charge in [-0.05, 0) is 47.6 Å². The fourth-order valence-corrected chi connectivity index (χ4v) is 3.40. The molecule has 0 aromatic heterocycles. The number of carboxylic acid groups (broad SMARTS) is 1. The van der Waals surface area contributed by atoms with Gasteiger partial charge in [0.15, 0.2) is 0 Å². The molecule has 124 valence electrons. The van der Waals surface area contributed by atoms with Gasteiger partial charge in [0, 0.05) is 5.75 Å². The first-order valence-electron chi connectivity index (χ1n) is 7.51. The second-order valence-electron chi connectivity index (χ2n) is 5.65. The molecule has 2 aromatic rings. The lowest BCUT2D eigenvalue weighted by molar-refractivity contribution is -0.143. The summed E-state index contributed by atoms with van der Waals surface area (Å²) >= 11 is 1.57. The second kappa shape index (κ2) is 7.70. The van der Waals surface area contributed by atoms with Crippen LogP contribution >= 0.6 is 11.8 Å². The van der Waals surface area contributed by atoms with E-state index < -0.39 is 11.4 Å². The van der Waals surface area contributed by atoms with E-state index in [9.17, 15) is 9.90 Å². The molecule has 1 atom stereocenters. The van der Waals surface area contributed by atoms with Crippen molar-refractivity contribution in [1.82, 2.24) is 0 Å². The minimum atomic E-state index is -0.934. The summed E-state index contributed by atoms with van der Waals surface area (Å²) < 4.78 is 5.22. The molecule has 4 nitrogen and oxygen atoms in total. The van der Waals surface area contributed by atoms with E-state index in [1.807, 2.05) is 36.4 Å². The normalized spacial score (nSPS) is 13.7. The highest BCUT2D eigenvalue weighted by Gasteiger charge is 2.34. The predicted molar refractivity (Wildman–Crippen MR) is 94.5 cm³/mol. The molecule has 0 saturated heterocycles. The van der Waals surface area contributed by atoms with Crippen LogP contribution in [0.1, 0.15) is 18.9 Å². The molecule has 0 aliphatic heterocycles. The number of aliphatic hydroxyl groups excluding tert-OH is 1. The molecule has 2 aromatic carbocycles. The van der Waals surface area contributed by atoms with Crippen LogP contribution in [0.2, 0.25) is 0 Å². The smallest absolute Gasteiger partial charge is 0.313 e. The summed E-state index contributed by atoms with van der Waals surface area (Å²) in [6, 6.07) is 11.5. The standard InChI is InChI=1S/C18H22O4S/c1-18(17(20)21,7-9-23-10-8-19)15-5-3-14-12-16(22-2)6-4-13(14)11-15/h3-6,11-12,19H,7-10H2,1-2H3,(H,20,21)/t18-/m0/s1. The SMILES string of the molecule is COc1ccc2cc([C@](C)(CCSCCO)C(=O)O)ccc2c1. The quantitative estimate of drug-likeness (QED) is 0.725. The van der Waals surface area contributed by atoms with E-state index in [-0.39, 0.29) is 6.61 Å². The highest BCUT2D eigenvalue weighted by molar-refractivity contribution is 7.99. The van der Waals surface area contributed by atoms with Crippen LogP contribution in [0.4, 0.5) is 0 Å². The lowest BCUT2D eigenvalue weighted by atomic mass is 9.79. The number of methoxy groups -OCH3 is 1. The zero-order valence-electron chi connectivity index (χ0n) is 13.4. The van der Waals surface area contributed by atoms with E-state index in [4.69, 9.17) is 9.84 Å². The van der Waals surface area contributed by atoms with Crippen molar-refractivity contribution in [3.63, 3.8) is 0 Å². The van der Waals surface area contributed by atoms with Crippen molar-refractivity contribution in [3.05, 3.63) is 42.0 Å². The molecule has 0 saturated carbocycles. The number of thioether (sulfide) groups is 1. The van der Waals surface area contributed by atoms with Gasteiger partial charge < -0.3 is 14.9 Å². The van der Waals surface area contributed by atoms with Crippen molar-refractivity contribution in [2.45, 2.75) is 18.8 Å². The number of fused-ring (bicyclic) bond motifs is 1. The molecule has 0 bridgehead atoms. The van der Waals surface area contributed by atoms with Gasteiger partial charge in [0.2, 0.25) is 0 Å². The van der Waals surface area contributed by atoms with Crippen molar-refractivity contribution >= 4 is 28.5 Å². The molecular weight excluding hydrogens is 312 g/mol. The third-order valence-corrected chi connectivity index (χ3v) is 5.10. The Hall–Kier alpha value is -1.72. The number of ether oxygens (including phenoxy) is 1. The molecule has 2 N–H and O–H groups in total. The molecule has 0 spiro atoms. The number of aliphatic carboxylic acids is 1. The molecule has 5 heteroatoms. The van der Waals surface area contributed by atoms with Crippen molar-refractivity contribution in [2.24, 2.45) is 0 Å². The maximum absolute atomic E-state index is 11.8. The Morgan fingerprint density at radius 3 is 2.52 bits per heavy atom. The van der Waals surface area contributed by atoms with Crippen LogP contribution in [0.5, 0.6) is 5.75 Å². The van der Waals surface area contributed by atoms with Crippen molar-refractivity contribution in [1.29, 1.82) is 0 Å². The maximum atomic E-state index is 11.8.